The number of para-hydroxylation sites is 1. The summed E-state index contributed by atoms with van der Waals surface area (Å²) in [4.78, 5) is 46.8. The molecular weight excluding hydrogens is 492 g/mol. The summed E-state index contributed by atoms with van der Waals surface area (Å²) in [5.74, 6) is 0.592. The molecule has 1 fully saturated rings. The molecule has 8 heteroatoms. The predicted octanol–water partition coefficient (Wildman–Crippen LogP) is 5.05. The van der Waals surface area contributed by atoms with Crippen molar-refractivity contribution in [2.24, 2.45) is 5.92 Å². The summed E-state index contributed by atoms with van der Waals surface area (Å²) in [5.41, 5.74) is 4.75. The standard InChI is InChI=1S/C31H30N4O4/c1-18(2)17-32-29(36)20-8-12-21(13-9-20)34-30(37)26-16-24-23-6-4-5-7-25(23)33-27(24)28(35(26)31(34)38)19-10-14-22(39-3)15-11-19/h4-15,18,26,28,33H,16-17H2,1-3H3,(H,32,36)/t26-,28-/m0/s1. The zero-order chi connectivity index (χ0) is 27.3. The Labute approximate surface area is 226 Å². The molecule has 0 saturated carbocycles. The van der Waals surface area contributed by atoms with Crippen LogP contribution in [0.25, 0.3) is 10.9 Å². The fourth-order valence-corrected chi connectivity index (χ4v) is 5.61. The van der Waals surface area contributed by atoms with Crippen molar-refractivity contribution >= 4 is 34.4 Å². The minimum atomic E-state index is -0.648. The molecule has 1 saturated heterocycles. The molecule has 3 heterocycles. The van der Waals surface area contributed by atoms with Crippen LogP contribution in [-0.4, -0.2) is 47.4 Å². The van der Waals surface area contributed by atoms with E-state index in [1.165, 1.54) is 4.90 Å². The van der Waals surface area contributed by atoms with Crippen molar-refractivity contribution in [3.8, 4) is 5.75 Å². The number of hydrogen-bond acceptors (Lipinski definition) is 4. The predicted molar refractivity (Wildman–Crippen MR) is 149 cm³/mol. The number of aromatic amines is 1. The molecule has 2 atom stereocenters. The van der Waals surface area contributed by atoms with Crippen LogP contribution in [0.1, 0.15) is 47.1 Å². The molecule has 0 radical (unpaired) electrons. The number of nitrogens with zero attached hydrogens (tertiary/aromatic N) is 2. The molecular formula is C31H30N4O4. The first-order chi connectivity index (χ1) is 18.9. The van der Waals surface area contributed by atoms with Gasteiger partial charge in [0.15, 0.2) is 0 Å². The Bertz CT molecular complexity index is 1570. The number of rotatable bonds is 6. The fourth-order valence-electron chi connectivity index (χ4n) is 5.61. The SMILES string of the molecule is COc1ccc([C@H]2c3[nH]c4ccccc4c3C[C@H]3C(=O)N(c4ccc(C(=O)NCC(C)C)cc4)C(=O)N23)cc1. The Kier molecular flexibility index (Phi) is 6.10. The van der Waals surface area contributed by atoms with Gasteiger partial charge >= 0.3 is 6.03 Å². The molecule has 0 unspecified atom stereocenters. The van der Waals surface area contributed by atoms with Crippen LogP contribution in [0, 0.1) is 5.92 Å². The number of aromatic nitrogens is 1. The molecule has 39 heavy (non-hydrogen) atoms. The van der Waals surface area contributed by atoms with Gasteiger partial charge in [0.1, 0.15) is 17.8 Å². The lowest BCUT2D eigenvalue weighted by atomic mass is 9.89. The first-order valence-electron chi connectivity index (χ1n) is 13.1. The first-order valence-corrected chi connectivity index (χ1v) is 13.1. The monoisotopic (exact) mass is 522 g/mol. The summed E-state index contributed by atoms with van der Waals surface area (Å²) < 4.78 is 5.35. The number of methoxy groups -OCH3 is 1. The van der Waals surface area contributed by atoms with E-state index in [0.29, 0.717) is 35.9 Å². The van der Waals surface area contributed by atoms with Crippen molar-refractivity contribution in [2.45, 2.75) is 32.4 Å². The van der Waals surface area contributed by atoms with Gasteiger partial charge in [0.25, 0.3) is 11.8 Å². The van der Waals surface area contributed by atoms with Gasteiger partial charge in [-0.1, -0.05) is 44.2 Å². The van der Waals surface area contributed by atoms with Gasteiger partial charge < -0.3 is 15.0 Å². The third kappa shape index (κ3) is 4.12. The maximum Gasteiger partial charge on any atom is 0.332 e. The Morgan fingerprint density at radius 1 is 1.03 bits per heavy atom. The molecule has 4 aromatic rings. The topological polar surface area (TPSA) is 94.7 Å². The minimum absolute atomic E-state index is 0.184. The molecule has 4 amide bonds. The van der Waals surface area contributed by atoms with Gasteiger partial charge in [-0.3, -0.25) is 14.5 Å². The minimum Gasteiger partial charge on any atom is -0.497 e. The smallest absolute Gasteiger partial charge is 0.332 e. The quantitative estimate of drug-likeness (QED) is 0.347. The number of hydrogen-bond donors (Lipinski definition) is 2. The summed E-state index contributed by atoms with van der Waals surface area (Å²) in [6, 6.07) is 20.7. The Hall–Kier alpha value is -4.59. The number of amides is 4. The van der Waals surface area contributed by atoms with Gasteiger partial charge in [-0.05, 0) is 59.5 Å². The second kappa shape index (κ2) is 9.62. The van der Waals surface area contributed by atoms with Gasteiger partial charge in [0.05, 0.1) is 12.8 Å². The van der Waals surface area contributed by atoms with Crippen LogP contribution in [0.5, 0.6) is 5.75 Å². The van der Waals surface area contributed by atoms with Gasteiger partial charge in [0.2, 0.25) is 0 Å². The number of carbonyl (C=O) groups is 3. The fraction of sp³-hybridized carbons (Fsp3) is 0.258. The second-order valence-corrected chi connectivity index (χ2v) is 10.5. The molecule has 8 nitrogen and oxygen atoms in total. The summed E-state index contributed by atoms with van der Waals surface area (Å²) in [6.45, 7) is 4.63. The molecule has 0 aliphatic carbocycles. The number of carbonyl (C=O) groups excluding carboxylic acids is 3. The average molecular weight is 523 g/mol. The number of H-pyrrole nitrogens is 1. The molecule has 0 spiro atoms. The van der Waals surface area contributed by atoms with E-state index < -0.39 is 12.1 Å². The van der Waals surface area contributed by atoms with Crippen LogP contribution in [0.2, 0.25) is 0 Å². The number of fused-ring (bicyclic) bond motifs is 4. The van der Waals surface area contributed by atoms with Crippen LogP contribution in [0.15, 0.2) is 72.8 Å². The maximum atomic E-state index is 14.0. The second-order valence-electron chi connectivity index (χ2n) is 10.5. The third-order valence-electron chi connectivity index (χ3n) is 7.54. The van der Waals surface area contributed by atoms with Crippen LogP contribution >= 0.6 is 0 Å². The first kappa shape index (κ1) is 24.7. The molecule has 1 aromatic heterocycles. The van der Waals surface area contributed by atoms with Gasteiger partial charge in [-0.25, -0.2) is 9.69 Å². The van der Waals surface area contributed by atoms with E-state index >= 15 is 0 Å². The van der Waals surface area contributed by atoms with E-state index in [2.05, 4.69) is 10.3 Å². The van der Waals surface area contributed by atoms with E-state index in [4.69, 9.17) is 4.74 Å². The highest BCUT2D eigenvalue weighted by atomic mass is 16.5. The van der Waals surface area contributed by atoms with Crippen molar-refractivity contribution in [1.82, 2.24) is 15.2 Å². The lowest BCUT2D eigenvalue weighted by Gasteiger charge is -2.36. The molecule has 2 N–H and O–H groups in total. The van der Waals surface area contributed by atoms with E-state index in [9.17, 15) is 14.4 Å². The third-order valence-corrected chi connectivity index (χ3v) is 7.54. The maximum absolute atomic E-state index is 14.0. The molecule has 3 aromatic carbocycles. The average Bonchev–Trinajstić information content (AvgIpc) is 3.45. The van der Waals surface area contributed by atoms with Crippen molar-refractivity contribution in [3.05, 3.63) is 95.2 Å². The van der Waals surface area contributed by atoms with Crippen molar-refractivity contribution in [1.29, 1.82) is 0 Å². The van der Waals surface area contributed by atoms with E-state index in [1.54, 1.807) is 36.3 Å². The van der Waals surface area contributed by atoms with Gasteiger partial charge in [0, 0.05) is 35.1 Å². The normalized spacial score (nSPS) is 18.5. The largest absolute Gasteiger partial charge is 0.497 e. The zero-order valence-corrected chi connectivity index (χ0v) is 22.1. The summed E-state index contributed by atoms with van der Waals surface area (Å²) in [5, 5.41) is 3.95. The summed E-state index contributed by atoms with van der Waals surface area (Å²) >= 11 is 0. The zero-order valence-electron chi connectivity index (χ0n) is 22.1. The van der Waals surface area contributed by atoms with Crippen LogP contribution < -0.4 is 15.0 Å². The number of urea groups is 1. The van der Waals surface area contributed by atoms with E-state index in [0.717, 1.165) is 27.7 Å². The number of anilines is 1. The van der Waals surface area contributed by atoms with Crippen LogP contribution in [0.3, 0.4) is 0 Å². The van der Waals surface area contributed by atoms with Crippen molar-refractivity contribution < 1.29 is 19.1 Å². The molecule has 2 aliphatic rings. The Morgan fingerprint density at radius 3 is 2.44 bits per heavy atom. The molecule has 2 aliphatic heterocycles. The van der Waals surface area contributed by atoms with E-state index in [1.807, 2.05) is 62.4 Å². The molecule has 6 rings (SSSR count). The highest BCUT2D eigenvalue weighted by Gasteiger charge is 2.53. The number of imide groups is 1. The summed E-state index contributed by atoms with van der Waals surface area (Å²) in [7, 11) is 1.61. The summed E-state index contributed by atoms with van der Waals surface area (Å²) in [6.07, 6.45) is 0.419. The highest BCUT2D eigenvalue weighted by Crippen LogP contribution is 2.45. The van der Waals surface area contributed by atoms with Crippen LogP contribution in [-0.2, 0) is 11.2 Å². The molecule has 0 bridgehead atoms. The number of ether oxygens (including phenoxy) is 1. The van der Waals surface area contributed by atoms with E-state index in [-0.39, 0.29) is 17.8 Å². The van der Waals surface area contributed by atoms with Gasteiger partial charge in [-0.15, -0.1) is 0 Å². The van der Waals surface area contributed by atoms with Crippen LogP contribution in [0.4, 0.5) is 10.5 Å². The molecule has 198 valence electrons. The number of benzene rings is 3. The lowest BCUT2D eigenvalue weighted by molar-refractivity contribution is -0.120. The van der Waals surface area contributed by atoms with Crippen molar-refractivity contribution in [3.63, 3.8) is 0 Å². The highest BCUT2D eigenvalue weighted by molar-refractivity contribution is 6.22. The van der Waals surface area contributed by atoms with Gasteiger partial charge in [-0.2, -0.15) is 0 Å². The Balaban J connectivity index is 1.38. The Morgan fingerprint density at radius 2 is 1.74 bits per heavy atom. The number of nitrogens with one attached hydrogen (secondary N) is 2. The lowest BCUT2D eigenvalue weighted by Crippen LogP contribution is -2.44. The van der Waals surface area contributed by atoms with Crippen molar-refractivity contribution in [2.75, 3.05) is 18.6 Å².